The first kappa shape index (κ1) is 12.8. The van der Waals surface area contributed by atoms with Crippen LogP contribution in [0.3, 0.4) is 0 Å². The van der Waals surface area contributed by atoms with Gasteiger partial charge in [-0.2, -0.15) is 0 Å². The summed E-state index contributed by atoms with van der Waals surface area (Å²) >= 11 is 5.96. The normalized spacial score (nSPS) is 10.4. The van der Waals surface area contributed by atoms with Crippen molar-refractivity contribution in [2.45, 2.75) is 5.88 Å². The summed E-state index contributed by atoms with van der Waals surface area (Å²) in [5.74, 6) is 1.09. The SMILES string of the molecule is ClCc1cc(-c2ccccc2)nc(-c2ccccc2)n1. The van der Waals surface area contributed by atoms with Crippen LogP contribution in [0.1, 0.15) is 5.69 Å². The minimum absolute atomic E-state index is 0.377. The van der Waals surface area contributed by atoms with Gasteiger partial charge in [-0.1, -0.05) is 60.7 Å². The van der Waals surface area contributed by atoms with Gasteiger partial charge in [0.05, 0.1) is 17.3 Å². The van der Waals surface area contributed by atoms with Gasteiger partial charge in [-0.25, -0.2) is 9.97 Å². The predicted octanol–water partition coefficient (Wildman–Crippen LogP) is 4.55. The van der Waals surface area contributed by atoms with Gasteiger partial charge in [0.25, 0.3) is 0 Å². The Morgan fingerprint density at radius 3 is 1.95 bits per heavy atom. The van der Waals surface area contributed by atoms with Crippen LogP contribution in [0.15, 0.2) is 66.7 Å². The van der Waals surface area contributed by atoms with Crippen LogP contribution in [0.25, 0.3) is 22.6 Å². The lowest BCUT2D eigenvalue weighted by Crippen LogP contribution is -1.96. The molecule has 0 fully saturated rings. The van der Waals surface area contributed by atoms with Crippen molar-refractivity contribution in [2.75, 3.05) is 0 Å². The molecular weight excluding hydrogens is 268 g/mol. The quantitative estimate of drug-likeness (QED) is 0.658. The monoisotopic (exact) mass is 280 g/mol. The molecule has 0 spiro atoms. The second-order valence-corrected chi connectivity index (χ2v) is 4.70. The molecule has 0 saturated heterocycles. The zero-order chi connectivity index (χ0) is 13.8. The fourth-order valence-electron chi connectivity index (χ4n) is 2.04. The molecule has 3 heteroatoms. The van der Waals surface area contributed by atoms with Crippen molar-refractivity contribution in [2.24, 2.45) is 0 Å². The van der Waals surface area contributed by atoms with Crippen LogP contribution in [0, 0.1) is 0 Å². The van der Waals surface area contributed by atoms with Crippen molar-refractivity contribution in [1.82, 2.24) is 9.97 Å². The van der Waals surface area contributed by atoms with Crippen LogP contribution in [0.2, 0.25) is 0 Å². The molecule has 0 aliphatic rings. The molecule has 0 atom stereocenters. The lowest BCUT2D eigenvalue weighted by Gasteiger charge is -2.07. The molecule has 0 aliphatic heterocycles. The Labute approximate surface area is 123 Å². The number of hydrogen-bond acceptors (Lipinski definition) is 2. The van der Waals surface area contributed by atoms with Gasteiger partial charge in [-0.05, 0) is 6.07 Å². The lowest BCUT2D eigenvalue weighted by atomic mass is 10.1. The molecule has 0 N–H and O–H groups in total. The molecule has 1 heterocycles. The molecule has 0 saturated carbocycles. The molecule has 0 amide bonds. The zero-order valence-electron chi connectivity index (χ0n) is 10.8. The molecule has 3 aromatic rings. The van der Waals surface area contributed by atoms with Gasteiger partial charge in [0.2, 0.25) is 0 Å². The predicted molar refractivity (Wildman–Crippen MR) is 82.5 cm³/mol. The van der Waals surface area contributed by atoms with Crippen LogP contribution in [-0.4, -0.2) is 9.97 Å². The maximum Gasteiger partial charge on any atom is 0.160 e. The number of nitrogens with zero attached hydrogens (tertiary/aromatic N) is 2. The van der Waals surface area contributed by atoms with Crippen molar-refractivity contribution in [3.8, 4) is 22.6 Å². The van der Waals surface area contributed by atoms with Gasteiger partial charge < -0.3 is 0 Å². The van der Waals surface area contributed by atoms with E-state index in [1.54, 1.807) is 0 Å². The summed E-state index contributed by atoms with van der Waals surface area (Å²) in [4.78, 5) is 9.16. The van der Waals surface area contributed by atoms with E-state index in [2.05, 4.69) is 9.97 Å². The summed E-state index contributed by atoms with van der Waals surface area (Å²) in [7, 11) is 0. The van der Waals surface area contributed by atoms with Gasteiger partial charge in [-0.3, -0.25) is 0 Å². The third-order valence-corrected chi connectivity index (χ3v) is 3.29. The Morgan fingerprint density at radius 1 is 0.750 bits per heavy atom. The van der Waals surface area contributed by atoms with Crippen molar-refractivity contribution < 1.29 is 0 Å². The maximum absolute atomic E-state index is 5.96. The number of halogens is 1. The highest BCUT2D eigenvalue weighted by atomic mass is 35.5. The molecule has 2 nitrogen and oxygen atoms in total. The van der Waals surface area contributed by atoms with E-state index < -0.39 is 0 Å². The Bertz CT molecular complexity index is 639. The molecule has 20 heavy (non-hydrogen) atoms. The molecule has 3 rings (SSSR count). The second-order valence-electron chi connectivity index (χ2n) is 4.43. The van der Waals surface area contributed by atoms with E-state index in [-0.39, 0.29) is 0 Å². The number of benzene rings is 2. The summed E-state index contributed by atoms with van der Waals surface area (Å²) in [6.45, 7) is 0. The van der Waals surface area contributed by atoms with Crippen LogP contribution < -0.4 is 0 Å². The van der Waals surface area contributed by atoms with E-state index in [1.807, 2.05) is 66.7 Å². The Morgan fingerprint density at radius 2 is 1.35 bits per heavy atom. The summed E-state index contributed by atoms with van der Waals surface area (Å²) in [6, 6.07) is 21.9. The van der Waals surface area contributed by atoms with E-state index in [0.29, 0.717) is 11.7 Å². The van der Waals surface area contributed by atoms with Gasteiger partial charge in [-0.15, -0.1) is 11.6 Å². The summed E-state index contributed by atoms with van der Waals surface area (Å²) in [6.07, 6.45) is 0. The Hall–Kier alpha value is -2.19. The molecule has 0 bridgehead atoms. The van der Waals surface area contributed by atoms with Gasteiger partial charge in [0.1, 0.15) is 0 Å². The summed E-state index contributed by atoms with van der Waals surface area (Å²) < 4.78 is 0. The maximum atomic E-state index is 5.96. The molecule has 0 radical (unpaired) electrons. The molecule has 0 unspecified atom stereocenters. The van der Waals surface area contributed by atoms with Crippen LogP contribution >= 0.6 is 11.6 Å². The van der Waals surface area contributed by atoms with Crippen molar-refractivity contribution in [3.05, 3.63) is 72.4 Å². The number of alkyl halides is 1. The first-order valence-electron chi connectivity index (χ1n) is 6.41. The second kappa shape index (κ2) is 5.85. The molecule has 98 valence electrons. The van der Waals surface area contributed by atoms with Crippen LogP contribution in [0.4, 0.5) is 0 Å². The molecule has 2 aromatic carbocycles. The highest BCUT2D eigenvalue weighted by Crippen LogP contribution is 2.22. The summed E-state index contributed by atoms with van der Waals surface area (Å²) in [5, 5.41) is 0. The lowest BCUT2D eigenvalue weighted by molar-refractivity contribution is 1.10. The molecule has 0 aliphatic carbocycles. The topological polar surface area (TPSA) is 25.8 Å². The Kier molecular flexibility index (Phi) is 3.75. The fraction of sp³-hybridized carbons (Fsp3) is 0.0588. The van der Waals surface area contributed by atoms with Gasteiger partial charge in [0, 0.05) is 11.1 Å². The molecular formula is C17H13ClN2. The number of rotatable bonds is 3. The average Bonchev–Trinajstić information content (AvgIpc) is 2.56. The van der Waals surface area contributed by atoms with Crippen LogP contribution in [-0.2, 0) is 5.88 Å². The minimum Gasteiger partial charge on any atom is -0.232 e. The van der Waals surface area contributed by atoms with Gasteiger partial charge >= 0.3 is 0 Å². The third kappa shape index (κ3) is 2.70. The van der Waals surface area contributed by atoms with E-state index in [0.717, 1.165) is 22.5 Å². The van der Waals surface area contributed by atoms with Crippen molar-refractivity contribution >= 4 is 11.6 Å². The summed E-state index contributed by atoms with van der Waals surface area (Å²) in [5.41, 5.74) is 3.80. The largest absolute Gasteiger partial charge is 0.232 e. The van der Waals surface area contributed by atoms with Crippen molar-refractivity contribution in [3.63, 3.8) is 0 Å². The number of aromatic nitrogens is 2. The fourth-order valence-corrected chi connectivity index (χ4v) is 2.18. The highest BCUT2D eigenvalue weighted by Gasteiger charge is 2.07. The van der Waals surface area contributed by atoms with E-state index >= 15 is 0 Å². The standard InChI is InChI=1S/C17H13ClN2/c18-12-15-11-16(13-7-3-1-4-8-13)20-17(19-15)14-9-5-2-6-10-14/h1-11H,12H2. The van der Waals surface area contributed by atoms with E-state index in [9.17, 15) is 0 Å². The smallest absolute Gasteiger partial charge is 0.160 e. The minimum atomic E-state index is 0.377. The first-order valence-corrected chi connectivity index (χ1v) is 6.95. The van der Waals surface area contributed by atoms with E-state index in [1.165, 1.54) is 0 Å². The first-order chi connectivity index (χ1) is 9.86. The van der Waals surface area contributed by atoms with Crippen LogP contribution in [0.5, 0.6) is 0 Å². The molecule has 1 aromatic heterocycles. The Balaban J connectivity index is 2.13. The average molecular weight is 281 g/mol. The zero-order valence-corrected chi connectivity index (χ0v) is 11.6. The van der Waals surface area contributed by atoms with Crippen molar-refractivity contribution in [1.29, 1.82) is 0 Å². The van der Waals surface area contributed by atoms with Gasteiger partial charge in [0.15, 0.2) is 5.82 Å². The number of hydrogen-bond donors (Lipinski definition) is 0. The van der Waals surface area contributed by atoms with E-state index in [4.69, 9.17) is 11.6 Å². The highest BCUT2D eigenvalue weighted by molar-refractivity contribution is 6.16. The third-order valence-electron chi connectivity index (χ3n) is 3.02.